The van der Waals surface area contributed by atoms with E-state index in [1.807, 2.05) is 23.7 Å². The van der Waals surface area contributed by atoms with Crippen molar-refractivity contribution >= 4 is 29.0 Å². The average Bonchev–Trinajstić information content (AvgIpc) is 3.03. The van der Waals surface area contributed by atoms with Gasteiger partial charge in [-0.1, -0.05) is 24.3 Å². The molecule has 0 unspecified atom stereocenters. The molecule has 2 aromatic rings. The Labute approximate surface area is 128 Å². The van der Waals surface area contributed by atoms with E-state index in [1.165, 1.54) is 5.56 Å². The first kappa shape index (κ1) is 14.5. The van der Waals surface area contributed by atoms with Crippen LogP contribution in [-0.2, 0) is 6.54 Å². The van der Waals surface area contributed by atoms with Crippen LogP contribution < -0.4 is 10.4 Å². The Balaban J connectivity index is 1.53. The number of thiazole rings is 1. The van der Waals surface area contributed by atoms with E-state index in [1.54, 1.807) is 23.5 Å². The van der Waals surface area contributed by atoms with Gasteiger partial charge in [0.25, 0.3) is 0 Å². The Bertz CT molecular complexity index is 554. The van der Waals surface area contributed by atoms with Crippen LogP contribution in [0.5, 0.6) is 0 Å². The summed E-state index contributed by atoms with van der Waals surface area (Å²) >= 11 is 1.69. The lowest BCUT2D eigenvalue weighted by molar-refractivity contribution is 0.250. The van der Waals surface area contributed by atoms with E-state index in [-0.39, 0.29) is 0 Å². The zero-order valence-electron chi connectivity index (χ0n) is 11.7. The van der Waals surface area contributed by atoms with Crippen LogP contribution >= 0.6 is 11.3 Å². The molecule has 110 valence electrons. The van der Waals surface area contributed by atoms with Crippen molar-refractivity contribution < 1.29 is 10.0 Å². The number of aromatic nitrogens is 1. The summed E-state index contributed by atoms with van der Waals surface area (Å²) in [6.07, 6.45) is 1.85. The van der Waals surface area contributed by atoms with E-state index in [0.29, 0.717) is 5.46 Å². The van der Waals surface area contributed by atoms with Gasteiger partial charge in [-0.3, -0.25) is 4.90 Å². The fourth-order valence-electron chi connectivity index (χ4n) is 2.52. The van der Waals surface area contributed by atoms with Crippen molar-refractivity contribution in [3.63, 3.8) is 0 Å². The Morgan fingerprint density at radius 2 is 1.81 bits per heavy atom. The van der Waals surface area contributed by atoms with E-state index in [9.17, 15) is 0 Å². The van der Waals surface area contributed by atoms with Crippen molar-refractivity contribution in [1.29, 1.82) is 0 Å². The largest absolute Gasteiger partial charge is 0.488 e. The maximum atomic E-state index is 9.09. The summed E-state index contributed by atoms with van der Waals surface area (Å²) in [5.41, 5.74) is 1.73. The number of piperazine rings is 1. The molecule has 0 radical (unpaired) electrons. The van der Waals surface area contributed by atoms with E-state index in [2.05, 4.69) is 14.8 Å². The number of hydrogen-bond donors (Lipinski definition) is 2. The molecule has 7 heteroatoms. The first-order valence-electron chi connectivity index (χ1n) is 7.04. The predicted molar refractivity (Wildman–Crippen MR) is 85.9 cm³/mol. The monoisotopic (exact) mass is 303 g/mol. The molecule has 0 spiro atoms. The fourth-order valence-corrected chi connectivity index (χ4v) is 3.22. The van der Waals surface area contributed by atoms with Crippen LogP contribution in [0.25, 0.3) is 0 Å². The number of hydrogen-bond acceptors (Lipinski definition) is 6. The molecule has 1 aliphatic heterocycles. The Morgan fingerprint density at radius 3 is 2.38 bits per heavy atom. The third-order valence-electron chi connectivity index (χ3n) is 3.75. The Kier molecular flexibility index (Phi) is 4.55. The van der Waals surface area contributed by atoms with Gasteiger partial charge in [-0.2, -0.15) is 0 Å². The van der Waals surface area contributed by atoms with Crippen molar-refractivity contribution in [3.05, 3.63) is 41.4 Å². The van der Waals surface area contributed by atoms with Gasteiger partial charge in [0.05, 0.1) is 0 Å². The number of anilines is 1. The van der Waals surface area contributed by atoms with Crippen LogP contribution in [-0.4, -0.2) is 53.2 Å². The number of nitrogens with zero attached hydrogens (tertiary/aromatic N) is 3. The lowest BCUT2D eigenvalue weighted by Gasteiger charge is -2.34. The van der Waals surface area contributed by atoms with Gasteiger partial charge >= 0.3 is 7.12 Å². The highest BCUT2D eigenvalue weighted by atomic mass is 32.1. The second-order valence-electron chi connectivity index (χ2n) is 5.19. The van der Waals surface area contributed by atoms with Crippen LogP contribution in [0.2, 0.25) is 0 Å². The van der Waals surface area contributed by atoms with Crippen molar-refractivity contribution in [1.82, 2.24) is 9.88 Å². The third kappa shape index (κ3) is 3.62. The van der Waals surface area contributed by atoms with Crippen LogP contribution in [0.1, 0.15) is 5.56 Å². The molecule has 3 rings (SSSR count). The van der Waals surface area contributed by atoms with Gasteiger partial charge in [0.2, 0.25) is 0 Å². The van der Waals surface area contributed by atoms with Gasteiger partial charge < -0.3 is 14.9 Å². The first-order chi connectivity index (χ1) is 10.2. The van der Waals surface area contributed by atoms with Gasteiger partial charge in [0.15, 0.2) is 5.13 Å². The lowest BCUT2D eigenvalue weighted by Crippen LogP contribution is -2.46. The second kappa shape index (κ2) is 6.57. The van der Waals surface area contributed by atoms with Gasteiger partial charge in [-0.25, -0.2) is 4.98 Å². The molecular weight excluding hydrogens is 285 g/mol. The van der Waals surface area contributed by atoms with Gasteiger partial charge in [-0.15, -0.1) is 11.3 Å². The molecule has 2 heterocycles. The zero-order valence-corrected chi connectivity index (χ0v) is 12.5. The molecule has 0 atom stereocenters. The highest BCUT2D eigenvalue weighted by Crippen LogP contribution is 2.19. The van der Waals surface area contributed by atoms with Gasteiger partial charge in [0.1, 0.15) is 0 Å². The lowest BCUT2D eigenvalue weighted by atomic mass is 9.80. The molecule has 21 heavy (non-hydrogen) atoms. The first-order valence-corrected chi connectivity index (χ1v) is 7.92. The van der Waals surface area contributed by atoms with Crippen LogP contribution in [0.15, 0.2) is 35.8 Å². The molecule has 5 nitrogen and oxygen atoms in total. The minimum absolute atomic E-state index is 0.535. The summed E-state index contributed by atoms with van der Waals surface area (Å²) in [5.74, 6) is 0. The predicted octanol–water partition coefficient (Wildman–Crippen LogP) is 0.145. The second-order valence-corrected chi connectivity index (χ2v) is 6.07. The summed E-state index contributed by atoms with van der Waals surface area (Å²) < 4.78 is 0. The highest BCUT2D eigenvalue weighted by Gasteiger charge is 2.18. The summed E-state index contributed by atoms with van der Waals surface area (Å²) in [4.78, 5) is 9.09. The molecule has 1 fully saturated rings. The normalized spacial score (nSPS) is 16.2. The Morgan fingerprint density at radius 1 is 1.10 bits per heavy atom. The van der Waals surface area contributed by atoms with Crippen LogP contribution in [0.4, 0.5) is 5.13 Å². The van der Waals surface area contributed by atoms with Gasteiger partial charge in [0, 0.05) is 44.3 Å². The van der Waals surface area contributed by atoms with E-state index >= 15 is 0 Å². The molecule has 1 aromatic heterocycles. The SMILES string of the molecule is OB(O)c1ccc(CN2CCN(c3nccs3)CC2)cc1. The fraction of sp³-hybridized carbons (Fsp3) is 0.357. The molecular formula is C14H18BN3O2S. The van der Waals surface area contributed by atoms with Crippen molar-refractivity contribution in [3.8, 4) is 0 Å². The summed E-state index contributed by atoms with van der Waals surface area (Å²) in [5, 5.41) is 21.3. The summed E-state index contributed by atoms with van der Waals surface area (Å²) in [6, 6.07) is 7.46. The van der Waals surface area contributed by atoms with E-state index in [0.717, 1.165) is 37.9 Å². The van der Waals surface area contributed by atoms with E-state index < -0.39 is 7.12 Å². The van der Waals surface area contributed by atoms with Crippen LogP contribution in [0.3, 0.4) is 0 Å². The number of benzene rings is 1. The summed E-state index contributed by atoms with van der Waals surface area (Å²) in [7, 11) is -1.39. The van der Waals surface area contributed by atoms with E-state index in [4.69, 9.17) is 10.0 Å². The zero-order chi connectivity index (χ0) is 14.7. The minimum Gasteiger partial charge on any atom is -0.423 e. The molecule has 0 aliphatic carbocycles. The van der Waals surface area contributed by atoms with Crippen molar-refractivity contribution in [2.45, 2.75) is 6.54 Å². The van der Waals surface area contributed by atoms with Crippen molar-refractivity contribution in [2.75, 3.05) is 31.1 Å². The molecule has 0 amide bonds. The molecule has 1 saturated heterocycles. The standard InChI is InChI=1S/C14H18BN3O2S/c19-15(20)13-3-1-12(2-4-13)11-17-6-8-18(9-7-17)14-16-5-10-21-14/h1-5,10,19-20H,6-9,11H2. The molecule has 0 bridgehead atoms. The van der Waals surface area contributed by atoms with Crippen LogP contribution in [0, 0.1) is 0 Å². The molecule has 0 saturated carbocycles. The van der Waals surface area contributed by atoms with Crippen molar-refractivity contribution in [2.24, 2.45) is 0 Å². The quantitative estimate of drug-likeness (QED) is 0.787. The Hall–Kier alpha value is -1.41. The third-order valence-corrected chi connectivity index (χ3v) is 4.58. The topological polar surface area (TPSA) is 59.8 Å². The number of rotatable bonds is 4. The molecule has 2 N–H and O–H groups in total. The molecule has 1 aromatic carbocycles. The average molecular weight is 303 g/mol. The summed E-state index contributed by atoms with van der Waals surface area (Å²) in [6.45, 7) is 4.93. The maximum absolute atomic E-state index is 9.09. The minimum atomic E-state index is -1.39. The van der Waals surface area contributed by atoms with Gasteiger partial charge in [-0.05, 0) is 11.0 Å². The maximum Gasteiger partial charge on any atom is 0.488 e. The highest BCUT2D eigenvalue weighted by molar-refractivity contribution is 7.13. The smallest absolute Gasteiger partial charge is 0.423 e. The molecule has 1 aliphatic rings.